The third kappa shape index (κ3) is 8.90. The second-order valence-corrected chi connectivity index (χ2v) is 3.66. The number of rotatable bonds is 3. The van der Waals surface area contributed by atoms with Crippen molar-refractivity contribution >= 4 is 18.5 Å². The first-order valence-corrected chi connectivity index (χ1v) is 4.19. The third-order valence-corrected chi connectivity index (χ3v) is 1.37. The fourth-order valence-electron chi connectivity index (χ4n) is 0.572. The molecule has 0 aromatic rings. The predicted octanol–water partition coefficient (Wildman–Crippen LogP) is 0.717. The van der Waals surface area contributed by atoms with Gasteiger partial charge < -0.3 is 4.90 Å². The van der Waals surface area contributed by atoms with Crippen molar-refractivity contribution in [1.29, 1.82) is 0 Å². The molecule has 0 aliphatic heterocycles. The molecule has 0 bridgehead atoms. The molecule has 0 rings (SSSR count). The molecular weight excluding hydrogens is 182 g/mol. The molecule has 80 valence electrons. The average Bonchev–Trinajstić information content (AvgIpc) is 2.05. The predicted molar refractivity (Wildman–Crippen MR) is 54.2 cm³/mol. The second-order valence-electron chi connectivity index (χ2n) is 3.66. The fraction of sp³-hybridized carbons (Fsp3) is 0.700. The van der Waals surface area contributed by atoms with Crippen LogP contribution in [-0.2, 0) is 14.4 Å². The summed E-state index contributed by atoms with van der Waals surface area (Å²) < 4.78 is 0. The van der Waals surface area contributed by atoms with Gasteiger partial charge in [-0.25, -0.2) is 0 Å². The number of carbonyl (C=O) groups is 1. The summed E-state index contributed by atoms with van der Waals surface area (Å²) in [7, 11) is 3.34. The van der Waals surface area contributed by atoms with Crippen LogP contribution in [0.2, 0.25) is 0 Å². The molecule has 0 saturated carbocycles. The zero-order chi connectivity index (χ0) is 11.8. The molecule has 0 heterocycles. The number of hydrogen-bond acceptors (Lipinski definition) is 3. The summed E-state index contributed by atoms with van der Waals surface area (Å²) in [6, 6.07) is 0. The summed E-state index contributed by atoms with van der Waals surface area (Å²) in [5.74, 6) is -0.0432. The van der Waals surface area contributed by atoms with E-state index in [0.717, 1.165) is 0 Å². The van der Waals surface area contributed by atoms with E-state index in [1.54, 1.807) is 27.9 Å². The summed E-state index contributed by atoms with van der Waals surface area (Å²) in [6.45, 7) is 4.71. The van der Waals surface area contributed by atoms with Gasteiger partial charge in [0.15, 0.2) is 6.29 Å². The lowest BCUT2D eigenvalue weighted by Gasteiger charge is -2.17. The molecule has 14 heavy (non-hydrogen) atoms. The van der Waals surface area contributed by atoms with Gasteiger partial charge in [0.25, 0.3) is 0 Å². The Morgan fingerprint density at radius 3 is 1.86 bits per heavy atom. The van der Waals surface area contributed by atoms with Gasteiger partial charge in [-0.15, -0.1) is 0 Å². The van der Waals surface area contributed by atoms with E-state index in [1.807, 2.05) is 6.29 Å². The summed E-state index contributed by atoms with van der Waals surface area (Å²) in [5.41, 5.74) is -0.651. The molecule has 4 nitrogen and oxygen atoms in total. The van der Waals surface area contributed by atoms with Gasteiger partial charge >= 0.3 is 0 Å². The first-order chi connectivity index (χ1) is 6.30. The number of amides is 1. The topological polar surface area (TPSA) is 54.5 Å². The highest BCUT2D eigenvalue weighted by Crippen LogP contribution is 2.16. The van der Waals surface area contributed by atoms with Crippen molar-refractivity contribution in [3.63, 3.8) is 0 Å². The lowest BCUT2D eigenvalue weighted by atomic mass is 9.91. The average molecular weight is 199 g/mol. The lowest BCUT2D eigenvalue weighted by Crippen LogP contribution is -2.28. The molecular formula is C10H17NO3. The Kier molecular flexibility index (Phi) is 7.90. The van der Waals surface area contributed by atoms with Crippen molar-refractivity contribution in [1.82, 2.24) is 4.90 Å². The Bertz CT molecular complexity index is 198. The van der Waals surface area contributed by atoms with Crippen LogP contribution in [0.25, 0.3) is 0 Å². The van der Waals surface area contributed by atoms with Crippen molar-refractivity contribution in [3.05, 3.63) is 0 Å². The van der Waals surface area contributed by atoms with Crippen LogP contribution in [0.15, 0.2) is 0 Å². The zero-order valence-corrected chi connectivity index (χ0v) is 9.38. The van der Waals surface area contributed by atoms with E-state index >= 15 is 0 Å². The van der Waals surface area contributed by atoms with Crippen LogP contribution in [0, 0.1) is 5.41 Å². The Balaban J connectivity index is 0. The minimum Gasteiger partial charge on any atom is -0.349 e. The van der Waals surface area contributed by atoms with E-state index in [4.69, 9.17) is 4.79 Å². The van der Waals surface area contributed by atoms with E-state index in [1.165, 1.54) is 18.1 Å². The standard InChI is InChI=1S/C8H14NO2.C2H3O/c1-8(2,6-10)5-7(11)9(3)4;1-2-3/h5H2,1-4H3;1H3. The summed E-state index contributed by atoms with van der Waals surface area (Å²) in [4.78, 5) is 31.5. The first kappa shape index (κ1) is 15.3. The number of nitrogens with zero attached hydrogens (tertiary/aromatic N) is 1. The highest BCUT2D eigenvalue weighted by Gasteiger charge is 2.22. The molecule has 0 aliphatic rings. The first-order valence-electron chi connectivity index (χ1n) is 4.19. The van der Waals surface area contributed by atoms with Crippen LogP contribution in [0.3, 0.4) is 0 Å². The molecule has 0 atom stereocenters. The normalized spacial score (nSPS) is 9.50. The van der Waals surface area contributed by atoms with Gasteiger partial charge in [0.05, 0.1) is 0 Å². The Morgan fingerprint density at radius 1 is 1.29 bits per heavy atom. The maximum Gasteiger partial charge on any atom is 0.223 e. The Hall–Kier alpha value is -1.19. The second kappa shape index (κ2) is 7.24. The Labute approximate surface area is 85.3 Å². The largest absolute Gasteiger partial charge is 0.349 e. The summed E-state index contributed by atoms with van der Waals surface area (Å²) >= 11 is 0. The van der Waals surface area contributed by atoms with Gasteiger partial charge in [0.2, 0.25) is 12.2 Å². The Morgan fingerprint density at radius 2 is 1.64 bits per heavy atom. The van der Waals surface area contributed by atoms with Gasteiger partial charge in [-0.3, -0.25) is 14.4 Å². The molecule has 0 unspecified atom stereocenters. The van der Waals surface area contributed by atoms with Crippen molar-refractivity contribution < 1.29 is 14.4 Å². The molecule has 0 aliphatic carbocycles. The van der Waals surface area contributed by atoms with E-state index in [9.17, 15) is 9.59 Å². The van der Waals surface area contributed by atoms with Crippen LogP contribution in [-0.4, -0.2) is 37.5 Å². The van der Waals surface area contributed by atoms with Crippen molar-refractivity contribution in [2.24, 2.45) is 5.41 Å². The van der Waals surface area contributed by atoms with Gasteiger partial charge in [0.1, 0.15) is 0 Å². The van der Waals surface area contributed by atoms with Gasteiger partial charge in [-0.2, -0.15) is 0 Å². The van der Waals surface area contributed by atoms with Crippen LogP contribution < -0.4 is 0 Å². The highest BCUT2D eigenvalue weighted by atomic mass is 16.2. The lowest BCUT2D eigenvalue weighted by molar-refractivity contribution is -0.129. The number of hydrogen-bond donors (Lipinski definition) is 0. The van der Waals surface area contributed by atoms with Crippen LogP contribution >= 0.6 is 0 Å². The van der Waals surface area contributed by atoms with Crippen molar-refractivity contribution in [3.8, 4) is 0 Å². The molecule has 0 aromatic carbocycles. The van der Waals surface area contributed by atoms with Crippen LogP contribution in [0.1, 0.15) is 27.2 Å². The highest BCUT2D eigenvalue weighted by molar-refractivity contribution is 5.80. The summed E-state index contributed by atoms with van der Waals surface area (Å²) in [6.07, 6.45) is 3.56. The van der Waals surface area contributed by atoms with E-state index in [0.29, 0.717) is 0 Å². The number of carbonyl (C=O) groups excluding carboxylic acids is 3. The molecule has 0 fully saturated rings. The summed E-state index contributed by atoms with van der Waals surface area (Å²) in [5, 5.41) is 0. The molecule has 1 amide bonds. The maximum absolute atomic E-state index is 11.1. The monoisotopic (exact) mass is 199 g/mol. The smallest absolute Gasteiger partial charge is 0.223 e. The molecule has 4 heteroatoms. The molecule has 0 aromatic heterocycles. The van der Waals surface area contributed by atoms with Crippen molar-refractivity contribution in [2.75, 3.05) is 14.1 Å². The van der Waals surface area contributed by atoms with E-state index in [-0.39, 0.29) is 12.3 Å². The third-order valence-electron chi connectivity index (χ3n) is 1.37. The van der Waals surface area contributed by atoms with Crippen LogP contribution in [0.5, 0.6) is 0 Å². The SMILES string of the molecule is CN(C)C(=O)CC(C)(C)[C]=O.C[C]=O. The molecule has 2 radical (unpaired) electrons. The quantitative estimate of drug-likeness (QED) is 0.673. The van der Waals surface area contributed by atoms with Crippen molar-refractivity contribution in [2.45, 2.75) is 27.2 Å². The fourth-order valence-corrected chi connectivity index (χ4v) is 0.572. The maximum atomic E-state index is 11.1. The minimum absolute atomic E-state index is 0.0432. The van der Waals surface area contributed by atoms with Gasteiger partial charge in [-0.1, -0.05) is 13.8 Å². The van der Waals surface area contributed by atoms with Gasteiger partial charge in [0, 0.05) is 32.9 Å². The zero-order valence-electron chi connectivity index (χ0n) is 9.38. The van der Waals surface area contributed by atoms with Gasteiger partial charge in [-0.05, 0) is 0 Å². The molecule has 0 spiro atoms. The van der Waals surface area contributed by atoms with E-state index < -0.39 is 5.41 Å². The minimum atomic E-state index is -0.651. The van der Waals surface area contributed by atoms with Crippen LogP contribution in [0.4, 0.5) is 0 Å². The molecule has 0 N–H and O–H groups in total. The van der Waals surface area contributed by atoms with E-state index in [2.05, 4.69) is 0 Å². The molecule has 0 saturated heterocycles.